The van der Waals surface area contributed by atoms with Gasteiger partial charge in [0.25, 0.3) is 0 Å². The van der Waals surface area contributed by atoms with Gasteiger partial charge in [0.05, 0.1) is 23.7 Å². The van der Waals surface area contributed by atoms with Crippen LogP contribution < -0.4 is 0 Å². The van der Waals surface area contributed by atoms with Crippen LogP contribution in [0.15, 0.2) is 0 Å². The molecule has 2 heterocycles. The summed E-state index contributed by atoms with van der Waals surface area (Å²) >= 11 is 6.50. The number of hydrogen-bond acceptors (Lipinski definition) is 2. The maximum absolute atomic E-state index is 6.50. The second-order valence-electron chi connectivity index (χ2n) is 5.21. The lowest BCUT2D eigenvalue weighted by atomic mass is 10.0. The summed E-state index contributed by atoms with van der Waals surface area (Å²) in [4.78, 5) is 0. The Morgan fingerprint density at radius 3 is 2.68 bits per heavy atom. The average Bonchev–Trinajstić information content (AvgIpc) is 3.05. The van der Waals surface area contributed by atoms with Crippen LogP contribution in [0.25, 0.3) is 0 Å². The van der Waals surface area contributed by atoms with Gasteiger partial charge in [0.1, 0.15) is 0 Å². The summed E-state index contributed by atoms with van der Waals surface area (Å²) < 4.78 is 7.88. The van der Waals surface area contributed by atoms with Crippen molar-refractivity contribution in [2.75, 3.05) is 6.61 Å². The van der Waals surface area contributed by atoms with Crippen molar-refractivity contribution in [3.63, 3.8) is 0 Å². The zero-order valence-corrected chi connectivity index (χ0v) is 13.0. The molecule has 1 fully saturated rings. The highest BCUT2D eigenvalue weighted by Gasteiger charge is 2.23. The van der Waals surface area contributed by atoms with Crippen molar-refractivity contribution < 1.29 is 4.74 Å². The van der Waals surface area contributed by atoms with Gasteiger partial charge >= 0.3 is 0 Å². The van der Waals surface area contributed by atoms with Crippen LogP contribution >= 0.6 is 11.6 Å². The summed E-state index contributed by atoms with van der Waals surface area (Å²) in [6.45, 7) is 8.25. The summed E-state index contributed by atoms with van der Waals surface area (Å²) in [5.74, 6) is 0. The van der Waals surface area contributed by atoms with E-state index >= 15 is 0 Å². The molecule has 0 radical (unpaired) electrons. The fourth-order valence-electron chi connectivity index (χ4n) is 2.90. The molecule has 0 spiro atoms. The predicted molar refractivity (Wildman–Crippen MR) is 78.8 cm³/mol. The van der Waals surface area contributed by atoms with Crippen LogP contribution in [-0.4, -0.2) is 22.5 Å². The zero-order valence-electron chi connectivity index (χ0n) is 12.3. The van der Waals surface area contributed by atoms with Gasteiger partial charge in [-0.2, -0.15) is 5.10 Å². The van der Waals surface area contributed by atoms with E-state index in [0.29, 0.717) is 6.10 Å². The van der Waals surface area contributed by atoms with Gasteiger partial charge in [-0.25, -0.2) is 0 Å². The molecule has 0 amide bonds. The number of rotatable bonds is 6. The van der Waals surface area contributed by atoms with E-state index in [4.69, 9.17) is 21.4 Å². The minimum Gasteiger partial charge on any atom is -0.376 e. The van der Waals surface area contributed by atoms with E-state index in [1.165, 1.54) is 17.7 Å². The lowest BCUT2D eigenvalue weighted by molar-refractivity contribution is 0.0931. The fraction of sp³-hybridized carbons (Fsp3) is 0.800. The lowest BCUT2D eigenvalue weighted by Crippen LogP contribution is -2.18. The molecule has 2 unspecified atom stereocenters. The van der Waals surface area contributed by atoms with Crippen molar-refractivity contribution in [1.82, 2.24) is 9.78 Å². The van der Waals surface area contributed by atoms with E-state index in [2.05, 4.69) is 25.5 Å². The number of alkyl halides is 1. The van der Waals surface area contributed by atoms with Crippen LogP contribution in [0, 0.1) is 0 Å². The molecule has 4 heteroatoms. The molecule has 0 saturated carbocycles. The van der Waals surface area contributed by atoms with Crippen LogP contribution in [0.4, 0.5) is 0 Å². The van der Waals surface area contributed by atoms with E-state index in [9.17, 15) is 0 Å². The monoisotopic (exact) mass is 284 g/mol. The molecule has 0 bridgehead atoms. The quantitative estimate of drug-likeness (QED) is 0.741. The molecule has 1 aliphatic rings. The van der Waals surface area contributed by atoms with Gasteiger partial charge < -0.3 is 4.74 Å². The molecular weight excluding hydrogens is 260 g/mol. The third kappa shape index (κ3) is 3.14. The van der Waals surface area contributed by atoms with Crippen molar-refractivity contribution >= 4 is 11.6 Å². The number of halogens is 1. The van der Waals surface area contributed by atoms with Crippen molar-refractivity contribution in [2.45, 2.75) is 70.9 Å². The SMILES string of the molecule is CCc1nn(CC2CCCO2)c(CC)c1C(Cl)CC. The van der Waals surface area contributed by atoms with Crippen molar-refractivity contribution in [1.29, 1.82) is 0 Å². The zero-order chi connectivity index (χ0) is 13.8. The number of ether oxygens (including phenoxy) is 1. The maximum Gasteiger partial charge on any atom is 0.0771 e. The Kier molecular flexibility index (Phi) is 5.28. The third-order valence-electron chi connectivity index (χ3n) is 3.92. The van der Waals surface area contributed by atoms with Gasteiger partial charge in [0.15, 0.2) is 0 Å². The van der Waals surface area contributed by atoms with E-state index in [0.717, 1.165) is 44.5 Å². The molecule has 2 atom stereocenters. The number of hydrogen-bond donors (Lipinski definition) is 0. The van der Waals surface area contributed by atoms with Gasteiger partial charge in [-0.3, -0.25) is 4.68 Å². The largest absolute Gasteiger partial charge is 0.376 e. The van der Waals surface area contributed by atoms with Crippen molar-refractivity contribution in [3.05, 3.63) is 17.0 Å². The molecule has 1 aromatic heterocycles. The smallest absolute Gasteiger partial charge is 0.0771 e. The second kappa shape index (κ2) is 6.76. The van der Waals surface area contributed by atoms with Crippen LogP contribution in [0.5, 0.6) is 0 Å². The minimum atomic E-state index is 0.0862. The summed E-state index contributed by atoms with van der Waals surface area (Å²) in [6.07, 6.45) is 5.54. The first-order valence-corrected chi connectivity index (χ1v) is 7.98. The van der Waals surface area contributed by atoms with E-state index < -0.39 is 0 Å². The van der Waals surface area contributed by atoms with Crippen molar-refractivity contribution in [3.8, 4) is 0 Å². The summed E-state index contributed by atoms with van der Waals surface area (Å²) in [7, 11) is 0. The Morgan fingerprint density at radius 2 is 2.16 bits per heavy atom. The lowest BCUT2D eigenvalue weighted by Gasteiger charge is -2.14. The molecule has 19 heavy (non-hydrogen) atoms. The maximum atomic E-state index is 6.50. The molecule has 0 N–H and O–H groups in total. The summed E-state index contributed by atoms with van der Waals surface area (Å²) in [5.41, 5.74) is 3.73. The molecule has 0 aliphatic carbocycles. The molecule has 2 rings (SSSR count). The third-order valence-corrected chi connectivity index (χ3v) is 4.44. The summed E-state index contributed by atoms with van der Waals surface area (Å²) in [5, 5.41) is 4.87. The van der Waals surface area contributed by atoms with Crippen LogP contribution in [0.3, 0.4) is 0 Å². The molecule has 108 valence electrons. The van der Waals surface area contributed by atoms with Gasteiger partial charge in [0.2, 0.25) is 0 Å². The van der Waals surface area contributed by atoms with Crippen LogP contribution in [-0.2, 0) is 24.1 Å². The number of aryl methyl sites for hydroxylation is 1. The Morgan fingerprint density at radius 1 is 1.37 bits per heavy atom. The highest BCUT2D eigenvalue weighted by atomic mass is 35.5. The van der Waals surface area contributed by atoms with Crippen LogP contribution in [0.2, 0.25) is 0 Å². The highest BCUT2D eigenvalue weighted by Crippen LogP contribution is 2.31. The van der Waals surface area contributed by atoms with Gasteiger partial charge in [-0.05, 0) is 32.1 Å². The normalized spacial score (nSPS) is 20.9. The second-order valence-corrected chi connectivity index (χ2v) is 5.73. The van der Waals surface area contributed by atoms with E-state index in [-0.39, 0.29) is 5.38 Å². The minimum absolute atomic E-state index is 0.0862. The first-order valence-electron chi connectivity index (χ1n) is 7.55. The molecule has 3 nitrogen and oxygen atoms in total. The highest BCUT2D eigenvalue weighted by molar-refractivity contribution is 6.20. The first-order chi connectivity index (χ1) is 9.21. The molecule has 0 aromatic carbocycles. The molecule has 1 aromatic rings. The standard InChI is InChI=1S/C15H25ClN2O/c1-4-12(16)15-13(5-2)17-18(14(15)6-3)10-11-8-7-9-19-11/h11-12H,4-10H2,1-3H3. The predicted octanol–water partition coefficient (Wildman–Crippen LogP) is 3.88. The molecule has 1 aliphatic heterocycles. The Balaban J connectivity index is 2.29. The Bertz CT molecular complexity index is 411. The molecule has 1 saturated heterocycles. The fourth-order valence-corrected chi connectivity index (χ4v) is 3.15. The van der Waals surface area contributed by atoms with E-state index in [1.807, 2.05) is 0 Å². The average molecular weight is 285 g/mol. The topological polar surface area (TPSA) is 27.1 Å². The van der Waals surface area contributed by atoms with Gasteiger partial charge in [-0.1, -0.05) is 20.8 Å². The Hall–Kier alpha value is -0.540. The number of nitrogens with zero attached hydrogens (tertiary/aromatic N) is 2. The van der Waals surface area contributed by atoms with E-state index in [1.54, 1.807) is 0 Å². The molecular formula is C15H25ClN2O. The summed E-state index contributed by atoms with van der Waals surface area (Å²) in [6, 6.07) is 0. The Labute approximate surface area is 121 Å². The van der Waals surface area contributed by atoms with Gasteiger partial charge in [0, 0.05) is 17.9 Å². The number of aromatic nitrogens is 2. The van der Waals surface area contributed by atoms with Gasteiger partial charge in [-0.15, -0.1) is 11.6 Å². The van der Waals surface area contributed by atoms with Crippen molar-refractivity contribution in [2.24, 2.45) is 0 Å². The van der Waals surface area contributed by atoms with Crippen LogP contribution in [0.1, 0.15) is 62.4 Å². The first kappa shape index (κ1) is 14.9.